The smallest absolute Gasteiger partial charge is 0.305 e. The lowest BCUT2D eigenvalue weighted by Gasteiger charge is -2.08. The molecule has 1 amide bonds. The minimum atomic E-state index is -1.03. The minimum Gasteiger partial charge on any atom is -0.492 e. The van der Waals surface area contributed by atoms with Gasteiger partial charge in [0.05, 0.1) is 24.3 Å². The van der Waals surface area contributed by atoms with Crippen LogP contribution in [0, 0.1) is 0 Å². The Labute approximate surface area is 167 Å². The van der Waals surface area contributed by atoms with Crippen molar-refractivity contribution >= 4 is 46.6 Å². The van der Waals surface area contributed by atoms with E-state index in [4.69, 9.17) is 21.4 Å². The number of aliphatic carboxylic acids is 1. The number of nitrogens with one attached hydrogen (secondary N) is 1. The fraction of sp³-hybridized carbons (Fsp3) is 0.444. The van der Waals surface area contributed by atoms with Crippen LogP contribution in [0.3, 0.4) is 0 Å². The standard InChI is InChI=1S/C18H22ClN3O4S/c1-2-3-4-5-8-26-14-7-6-12(9-13(14)19)11-20-22-18-21-17(25)15(27-18)10-16(23)24/h6-7,9,11,15H,2-5,8,10H2,1H3,(H,23,24)(H,21,22,25). The van der Waals surface area contributed by atoms with Gasteiger partial charge in [0.25, 0.3) is 0 Å². The largest absolute Gasteiger partial charge is 0.492 e. The molecule has 1 aliphatic rings. The van der Waals surface area contributed by atoms with Crippen LogP contribution < -0.4 is 10.1 Å². The van der Waals surface area contributed by atoms with E-state index in [1.165, 1.54) is 19.1 Å². The first-order valence-electron chi connectivity index (χ1n) is 8.72. The Kier molecular flexibility index (Phi) is 8.60. The maximum atomic E-state index is 11.6. The van der Waals surface area contributed by atoms with Crippen molar-refractivity contribution in [3.63, 3.8) is 0 Å². The SMILES string of the molecule is CCCCCCOc1ccc(C=NN=C2NC(=O)C(CC(=O)O)S2)cc1Cl. The molecule has 0 saturated carbocycles. The van der Waals surface area contributed by atoms with Crippen LogP contribution in [0.15, 0.2) is 28.4 Å². The zero-order valence-electron chi connectivity index (χ0n) is 15.0. The van der Waals surface area contributed by atoms with Gasteiger partial charge < -0.3 is 15.2 Å². The number of amides is 1. The van der Waals surface area contributed by atoms with Crippen LogP contribution in [0.1, 0.15) is 44.6 Å². The molecule has 1 heterocycles. The number of carboxylic acids is 1. The molecule has 1 aliphatic heterocycles. The van der Waals surface area contributed by atoms with Gasteiger partial charge in [-0.15, -0.1) is 5.10 Å². The number of amidine groups is 1. The number of hydrogen-bond donors (Lipinski definition) is 2. The number of carbonyl (C=O) groups is 2. The predicted octanol–water partition coefficient (Wildman–Crippen LogP) is 3.70. The van der Waals surface area contributed by atoms with Crippen molar-refractivity contribution in [1.82, 2.24) is 5.32 Å². The van der Waals surface area contributed by atoms with Crippen LogP contribution in [0.2, 0.25) is 5.02 Å². The highest BCUT2D eigenvalue weighted by atomic mass is 35.5. The molecule has 1 saturated heterocycles. The molecule has 9 heteroatoms. The number of hydrogen-bond acceptors (Lipinski definition) is 6. The molecule has 1 unspecified atom stereocenters. The third kappa shape index (κ3) is 7.22. The topological polar surface area (TPSA) is 100 Å². The van der Waals surface area contributed by atoms with Gasteiger partial charge in [0, 0.05) is 0 Å². The summed E-state index contributed by atoms with van der Waals surface area (Å²) in [5, 5.41) is 19.2. The summed E-state index contributed by atoms with van der Waals surface area (Å²) in [7, 11) is 0. The molecule has 0 radical (unpaired) electrons. The van der Waals surface area contributed by atoms with Crippen LogP contribution in [0.4, 0.5) is 0 Å². The Hall–Kier alpha value is -2.06. The fourth-order valence-corrected chi connectivity index (χ4v) is 3.48. The lowest BCUT2D eigenvalue weighted by atomic mass is 10.2. The van der Waals surface area contributed by atoms with Crippen LogP contribution >= 0.6 is 23.4 Å². The van der Waals surface area contributed by atoms with Gasteiger partial charge in [0.15, 0.2) is 5.17 Å². The van der Waals surface area contributed by atoms with Crippen molar-refractivity contribution in [2.24, 2.45) is 10.2 Å². The number of carboxylic acid groups (broad SMARTS) is 1. The molecule has 0 bridgehead atoms. The highest BCUT2D eigenvalue weighted by molar-refractivity contribution is 8.15. The molecular formula is C18H22ClN3O4S. The second-order valence-corrected chi connectivity index (χ2v) is 7.54. The number of unbranched alkanes of at least 4 members (excludes halogenated alkanes) is 3. The lowest BCUT2D eigenvalue weighted by Crippen LogP contribution is -2.26. The van der Waals surface area contributed by atoms with Crippen LogP contribution in [0.5, 0.6) is 5.75 Å². The monoisotopic (exact) mass is 411 g/mol. The molecule has 2 N–H and O–H groups in total. The number of thioether (sulfide) groups is 1. The summed E-state index contributed by atoms with van der Waals surface area (Å²) in [5.41, 5.74) is 0.735. The van der Waals surface area contributed by atoms with E-state index in [0.717, 1.165) is 30.2 Å². The van der Waals surface area contributed by atoms with Crippen molar-refractivity contribution in [2.75, 3.05) is 6.61 Å². The van der Waals surface area contributed by atoms with Gasteiger partial charge in [-0.1, -0.05) is 49.5 Å². The van der Waals surface area contributed by atoms with Gasteiger partial charge >= 0.3 is 5.97 Å². The van der Waals surface area contributed by atoms with E-state index in [0.29, 0.717) is 17.4 Å². The predicted molar refractivity (Wildman–Crippen MR) is 108 cm³/mol. The first-order valence-corrected chi connectivity index (χ1v) is 9.98. The average Bonchev–Trinajstić information content (AvgIpc) is 2.95. The van der Waals surface area contributed by atoms with E-state index in [2.05, 4.69) is 22.4 Å². The lowest BCUT2D eigenvalue weighted by molar-refractivity contribution is -0.138. The normalized spacial score (nSPS) is 18.2. The summed E-state index contributed by atoms with van der Waals surface area (Å²) >= 11 is 7.27. The van der Waals surface area contributed by atoms with Crippen molar-refractivity contribution in [3.05, 3.63) is 28.8 Å². The molecule has 1 atom stereocenters. The Morgan fingerprint density at radius 3 is 2.93 bits per heavy atom. The number of ether oxygens (including phenoxy) is 1. The number of carbonyl (C=O) groups excluding carboxylic acids is 1. The third-order valence-electron chi connectivity index (χ3n) is 3.70. The van der Waals surface area contributed by atoms with Gasteiger partial charge in [-0.05, 0) is 30.2 Å². The Morgan fingerprint density at radius 2 is 2.22 bits per heavy atom. The molecule has 27 heavy (non-hydrogen) atoms. The molecule has 1 aromatic carbocycles. The maximum absolute atomic E-state index is 11.6. The summed E-state index contributed by atoms with van der Waals surface area (Å²) in [4.78, 5) is 22.3. The zero-order valence-corrected chi connectivity index (χ0v) is 16.6. The fourth-order valence-electron chi connectivity index (χ4n) is 2.32. The van der Waals surface area contributed by atoms with Crippen LogP contribution in [-0.2, 0) is 9.59 Å². The molecule has 0 aromatic heterocycles. The van der Waals surface area contributed by atoms with E-state index >= 15 is 0 Å². The Bertz CT molecular complexity index is 739. The van der Waals surface area contributed by atoms with Crippen LogP contribution in [0.25, 0.3) is 0 Å². The van der Waals surface area contributed by atoms with Gasteiger partial charge in [-0.2, -0.15) is 5.10 Å². The molecule has 1 fully saturated rings. The van der Waals surface area contributed by atoms with Crippen molar-refractivity contribution < 1.29 is 19.4 Å². The molecule has 146 valence electrons. The summed E-state index contributed by atoms with van der Waals surface area (Å²) in [6.45, 7) is 2.80. The number of rotatable bonds is 10. The zero-order chi connectivity index (χ0) is 19.6. The highest BCUT2D eigenvalue weighted by Gasteiger charge is 2.32. The van der Waals surface area contributed by atoms with Gasteiger partial charge in [0.1, 0.15) is 11.0 Å². The second-order valence-electron chi connectivity index (χ2n) is 5.94. The van der Waals surface area contributed by atoms with E-state index < -0.39 is 11.2 Å². The van der Waals surface area contributed by atoms with E-state index in [1.807, 2.05) is 6.07 Å². The number of halogens is 1. The van der Waals surface area contributed by atoms with Crippen molar-refractivity contribution in [1.29, 1.82) is 0 Å². The molecule has 1 aromatic rings. The molecule has 2 rings (SSSR count). The Balaban J connectivity index is 1.87. The highest BCUT2D eigenvalue weighted by Crippen LogP contribution is 2.25. The Morgan fingerprint density at radius 1 is 1.41 bits per heavy atom. The van der Waals surface area contributed by atoms with Crippen molar-refractivity contribution in [2.45, 2.75) is 44.3 Å². The summed E-state index contributed by atoms with van der Waals surface area (Å²) in [5.74, 6) is -0.777. The number of nitrogens with zero attached hydrogens (tertiary/aromatic N) is 2. The first-order chi connectivity index (χ1) is 13.0. The third-order valence-corrected chi connectivity index (χ3v) is 5.07. The second kappa shape index (κ2) is 10.9. The summed E-state index contributed by atoms with van der Waals surface area (Å²) < 4.78 is 5.68. The molecular weight excluding hydrogens is 390 g/mol. The van der Waals surface area contributed by atoms with Crippen LogP contribution in [-0.4, -0.2) is 40.2 Å². The van der Waals surface area contributed by atoms with E-state index in [1.54, 1.807) is 12.1 Å². The van der Waals surface area contributed by atoms with E-state index in [-0.39, 0.29) is 17.5 Å². The van der Waals surface area contributed by atoms with E-state index in [9.17, 15) is 9.59 Å². The first kappa shape index (κ1) is 21.2. The molecule has 0 aliphatic carbocycles. The van der Waals surface area contributed by atoms with Gasteiger partial charge in [0.2, 0.25) is 5.91 Å². The summed E-state index contributed by atoms with van der Waals surface area (Å²) in [6, 6.07) is 5.32. The van der Waals surface area contributed by atoms with Gasteiger partial charge in [-0.25, -0.2) is 0 Å². The minimum absolute atomic E-state index is 0.255. The molecule has 7 nitrogen and oxygen atoms in total. The number of benzene rings is 1. The summed E-state index contributed by atoms with van der Waals surface area (Å²) in [6.07, 6.45) is 5.76. The van der Waals surface area contributed by atoms with Gasteiger partial charge in [-0.3, -0.25) is 9.59 Å². The quantitative estimate of drug-likeness (QED) is 0.347. The average molecular weight is 412 g/mol. The molecule has 0 spiro atoms. The van der Waals surface area contributed by atoms with Crippen molar-refractivity contribution in [3.8, 4) is 5.75 Å². The maximum Gasteiger partial charge on any atom is 0.305 e.